The van der Waals surface area contributed by atoms with Crippen LogP contribution in [0.3, 0.4) is 0 Å². The number of hydrogen-bond acceptors (Lipinski definition) is 4. The van der Waals surface area contributed by atoms with Gasteiger partial charge in [-0.05, 0) is 48.4 Å². The summed E-state index contributed by atoms with van der Waals surface area (Å²) in [5.41, 5.74) is 1.45. The molecule has 35 heavy (non-hydrogen) atoms. The largest absolute Gasteiger partial charge is 0.268 e. The van der Waals surface area contributed by atoms with Gasteiger partial charge in [0.1, 0.15) is 5.25 Å². The van der Waals surface area contributed by atoms with Crippen LogP contribution in [0.25, 0.3) is 10.9 Å². The third kappa shape index (κ3) is 4.29. The molecule has 5 aromatic rings. The van der Waals surface area contributed by atoms with E-state index in [-0.39, 0.29) is 21.9 Å². The van der Waals surface area contributed by atoms with E-state index in [1.165, 1.54) is 16.1 Å². The molecule has 0 radical (unpaired) electrons. The summed E-state index contributed by atoms with van der Waals surface area (Å²) >= 11 is 0. The lowest BCUT2D eigenvalue weighted by atomic mass is 10.1. The molecule has 0 unspecified atom stereocenters. The van der Waals surface area contributed by atoms with Gasteiger partial charge in [0.15, 0.2) is 9.84 Å². The van der Waals surface area contributed by atoms with Crippen molar-refractivity contribution in [3.05, 3.63) is 133 Å². The quantitative estimate of drug-likeness (QED) is 0.289. The Morgan fingerprint density at radius 3 is 1.74 bits per heavy atom. The van der Waals surface area contributed by atoms with E-state index in [0.29, 0.717) is 10.9 Å². The second-order valence-electron chi connectivity index (χ2n) is 8.25. The third-order valence-electron chi connectivity index (χ3n) is 6.01. The van der Waals surface area contributed by atoms with E-state index in [1.54, 1.807) is 72.8 Å². The van der Waals surface area contributed by atoms with Gasteiger partial charge in [-0.2, -0.15) is 0 Å². The van der Waals surface area contributed by atoms with Gasteiger partial charge < -0.3 is 0 Å². The lowest BCUT2D eigenvalue weighted by molar-refractivity contribution is 0.574. The summed E-state index contributed by atoms with van der Waals surface area (Å²) in [7, 11) is -8.03. The van der Waals surface area contributed by atoms with Gasteiger partial charge >= 0.3 is 0 Å². The fourth-order valence-corrected chi connectivity index (χ4v) is 7.75. The zero-order valence-electron chi connectivity index (χ0n) is 18.7. The fourth-order valence-electron chi connectivity index (χ4n) is 4.32. The zero-order valence-corrected chi connectivity index (χ0v) is 20.4. The summed E-state index contributed by atoms with van der Waals surface area (Å²) < 4.78 is 57.1. The minimum atomic E-state index is -4.08. The van der Waals surface area contributed by atoms with Crippen molar-refractivity contribution < 1.29 is 16.8 Å². The highest BCUT2D eigenvalue weighted by Gasteiger charge is 2.35. The first-order chi connectivity index (χ1) is 16.9. The summed E-state index contributed by atoms with van der Waals surface area (Å²) in [6, 6.07) is 34.3. The van der Waals surface area contributed by atoms with Crippen molar-refractivity contribution in [3.63, 3.8) is 0 Å². The average Bonchev–Trinajstić information content (AvgIpc) is 3.29. The van der Waals surface area contributed by atoms with Crippen molar-refractivity contribution in [2.24, 2.45) is 0 Å². The number of benzene rings is 4. The highest BCUT2D eigenvalue weighted by molar-refractivity contribution is 7.92. The molecule has 0 N–H and O–H groups in total. The fraction of sp³-hybridized carbons (Fsp3) is 0.0714. The van der Waals surface area contributed by atoms with E-state index in [0.717, 1.165) is 5.56 Å². The molecule has 4 aromatic carbocycles. The normalized spacial score (nSPS) is 13.0. The second kappa shape index (κ2) is 9.17. The molecule has 0 bridgehead atoms. The van der Waals surface area contributed by atoms with Gasteiger partial charge in [0.2, 0.25) is 0 Å². The number of fused-ring (bicyclic) bond motifs is 1. The molecule has 0 aliphatic carbocycles. The zero-order chi connectivity index (χ0) is 24.5. The van der Waals surface area contributed by atoms with E-state index in [1.807, 2.05) is 36.4 Å². The van der Waals surface area contributed by atoms with E-state index >= 15 is 0 Å². The van der Waals surface area contributed by atoms with Crippen LogP contribution in [0.1, 0.15) is 16.5 Å². The molecule has 5 rings (SSSR count). The molecule has 0 aliphatic heterocycles. The molecule has 0 saturated heterocycles. The van der Waals surface area contributed by atoms with E-state index in [4.69, 9.17) is 0 Å². The number of aromatic nitrogens is 1. The van der Waals surface area contributed by atoms with E-state index in [2.05, 4.69) is 0 Å². The Hall–Kier alpha value is -3.68. The molecule has 0 saturated carbocycles. The van der Waals surface area contributed by atoms with Crippen LogP contribution < -0.4 is 0 Å². The maximum Gasteiger partial charge on any atom is 0.268 e. The van der Waals surface area contributed by atoms with Crippen LogP contribution in [-0.4, -0.2) is 20.8 Å². The molecule has 1 heterocycles. The Balaban J connectivity index is 1.80. The van der Waals surface area contributed by atoms with Gasteiger partial charge in [0.25, 0.3) is 10.0 Å². The highest BCUT2D eigenvalue weighted by Crippen LogP contribution is 2.37. The second-order valence-corrected chi connectivity index (χ2v) is 12.2. The molecule has 1 atom stereocenters. The number of sulfone groups is 1. The van der Waals surface area contributed by atoms with E-state index in [9.17, 15) is 16.8 Å². The van der Waals surface area contributed by atoms with Crippen LogP contribution in [-0.2, 0) is 26.3 Å². The first-order valence-corrected chi connectivity index (χ1v) is 14.1. The van der Waals surface area contributed by atoms with E-state index < -0.39 is 25.1 Å². The Kier molecular flexibility index (Phi) is 6.05. The first kappa shape index (κ1) is 23.1. The SMILES string of the molecule is O=S(=O)(c1ccccc1)[C@H](Cc1ccccc1)c1cc2ccccc2n1S(=O)(=O)c1ccccc1. The minimum absolute atomic E-state index is 0.0955. The van der Waals surface area contributed by atoms with Crippen molar-refractivity contribution in [1.82, 2.24) is 3.97 Å². The molecule has 1 aromatic heterocycles. The highest BCUT2D eigenvalue weighted by atomic mass is 32.2. The van der Waals surface area contributed by atoms with Crippen LogP contribution in [0.15, 0.2) is 131 Å². The van der Waals surface area contributed by atoms with Gasteiger partial charge in [-0.25, -0.2) is 20.8 Å². The van der Waals surface area contributed by atoms with Crippen molar-refractivity contribution in [3.8, 4) is 0 Å². The summed E-state index contributed by atoms with van der Waals surface area (Å²) in [4.78, 5) is 0.244. The number of hydrogen-bond donors (Lipinski definition) is 0. The molecule has 0 spiro atoms. The van der Waals surface area contributed by atoms with Crippen LogP contribution >= 0.6 is 0 Å². The summed E-state index contributed by atoms with van der Waals surface area (Å²) in [5.74, 6) is 0. The first-order valence-electron chi connectivity index (χ1n) is 11.1. The summed E-state index contributed by atoms with van der Waals surface area (Å²) in [6.45, 7) is 0. The topological polar surface area (TPSA) is 73.2 Å². The number of rotatable bonds is 7. The summed E-state index contributed by atoms with van der Waals surface area (Å²) in [6.07, 6.45) is 0.124. The molecule has 5 nitrogen and oxygen atoms in total. The third-order valence-corrected chi connectivity index (χ3v) is 9.86. The molecule has 0 amide bonds. The Morgan fingerprint density at radius 2 is 1.11 bits per heavy atom. The number of para-hydroxylation sites is 1. The minimum Gasteiger partial charge on any atom is -0.237 e. The lowest BCUT2D eigenvalue weighted by Gasteiger charge is -2.21. The van der Waals surface area contributed by atoms with Gasteiger partial charge in [0, 0.05) is 5.39 Å². The van der Waals surface area contributed by atoms with Gasteiger partial charge in [-0.1, -0.05) is 84.9 Å². The van der Waals surface area contributed by atoms with Crippen molar-refractivity contribution in [2.75, 3.05) is 0 Å². The smallest absolute Gasteiger partial charge is 0.237 e. The van der Waals surface area contributed by atoms with Crippen LogP contribution in [0.5, 0.6) is 0 Å². The summed E-state index contributed by atoms with van der Waals surface area (Å²) in [5, 5.41) is -0.471. The lowest BCUT2D eigenvalue weighted by Crippen LogP contribution is -2.23. The van der Waals surface area contributed by atoms with Gasteiger partial charge in [-0.15, -0.1) is 0 Å². The van der Waals surface area contributed by atoms with Crippen LogP contribution in [0, 0.1) is 0 Å². The number of nitrogens with zero attached hydrogens (tertiary/aromatic N) is 1. The maximum absolute atomic E-state index is 14.0. The van der Waals surface area contributed by atoms with Crippen molar-refractivity contribution in [1.29, 1.82) is 0 Å². The maximum atomic E-state index is 14.0. The van der Waals surface area contributed by atoms with Crippen LogP contribution in [0.4, 0.5) is 0 Å². The predicted molar refractivity (Wildman–Crippen MR) is 137 cm³/mol. The Labute approximate surface area is 205 Å². The molecule has 7 heteroatoms. The predicted octanol–water partition coefficient (Wildman–Crippen LogP) is 5.64. The Morgan fingerprint density at radius 1 is 0.600 bits per heavy atom. The van der Waals surface area contributed by atoms with Crippen LogP contribution in [0.2, 0.25) is 0 Å². The molecule has 176 valence electrons. The Bertz CT molecular complexity index is 1680. The molecular formula is C28H23NO4S2. The monoisotopic (exact) mass is 501 g/mol. The molecule has 0 fully saturated rings. The van der Waals surface area contributed by atoms with Gasteiger partial charge in [-0.3, -0.25) is 0 Å². The average molecular weight is 502 g/mol. The van der Waals surface area contributed by atoms with Gasteiger partial charge in [0.05, 0.1) is 21.0 Å². The molecule has 0 aliphatic rings. The standard InChI is InChI=1S/C28H23NO4S2/c30-34(31,24-15-6-2-7-16-24)28(20-22-12-4-1-5-13-22)27-21-23-14-10-11-19-26(23)29(27)35(32,33)25-17-8-3-9-18-25/h1-19,21,28H,20H2/t28-/m1/s1. The molecular weight excluding hydrogens is 478 g/mol. The van der Waals surface area contributed by atoms with Crippen molar-refractivity contribution >= 4 is 30.8 Å². The van der Waals surface area contributed by atoms with Crippen molar-refractivity contribution in [2.45, 2.75) is 21.5 Å².